The van der Waals surface area contributed by atoms with Gasteiger partial charge in [-0.05, 0) is 31.2 Å². The molecule has 0 aromatic heterocycles. The summed E-state index contributed by atoms with van der Waals surface area (Å²) in [4.78, 5) is 33.7. The van der Waals surface area contributed by atoms with Crippen molar-refractivity contribution in [3.8, 4) is 0 Å². The van der Waals surface area contributed by atoms with Gasteiger partial charge >= 0.3 is 5.97 Å². The fourth-order valence-corrected chi connectivity index (χ4v) is 3.52. The van der Waals surface area contributed by atoms with Gasteiger partial charge in [-0.2, -0.15) is 4.72 Å². The number of nitro groups is 1. The number of nitro benzene ring substituents is 1. The van der Waals surface area contributed by atoms with Crippen molar-refractivity contribution in [2.75, 3.05) is 18.5 Å². The van der Waals surface area contributed by atoms with E-state index in [4.69, 9.17) is 27.9 Å². The highest BCUT2D eigenvalue weighted by molar-refractivity contribution is 7.89. The summed E-state index contributed by atoms with van der Waals surface area (Å²) in [7, 11) is -4.06. The lowest BCUT2D eigenvalue weighted by molar-refractivity contribution is -0.385. The molecule has 0 spiro atoms. The molecule has 0 bridgehead atoms. The molecule has 2 aromatic carbocycles. The molecule has 30 heavy (non-hydrogen) atoms. The van der Waals surface area contributed by atoms with Gasteiger partial charge in [0.1, 0.15) is 6.54 Å². The van der Waals surface area contributed by atoms with E-state index in [9.17, 15) is 28.1 Å². The van der Waals surface area contributed by atoms with E-state index in [-0.39, 0.29) is 26.3 Å². The summed E-state index contributed by atoms with van der Waals surface area (Å²) in [5.41, 5.74) is 0.383. The molecule has 160 valence electrons. The maximum absolute atomic E-state index is 12.1. The molecule has 2 aromatic rings. The van der Waals surface area contributed by atoms with Crippen LogP contribution in [-0.4, -0.2) is 38.4 Å². The van der Waals surface area contributed by atoms with Gasteiger partial charge in [-0.3, -0.25) is 19.7 Å². The minimum Gasteiger partial charge on any atom is -0.455 e. The van der Waals surface area contributed by atoms with Gasteiger partial charge in [0.2, 0.25) is 10.0 Å². The maximum atomic E-state index is 12.1. The molecule has 0 saturated heterocycles. The third-order valence-corrected chi connectivity index (χ3v) is 5.80. The molecule has 0 aliphatic carbocycles. The van der Waals surface area contributed by atoms with E-state index < -0.39 is 40.0 Å². The summed E-state index contributed by atoms with van der Waals surface area (Å²) >= 11 is 11.5. The molecule has 0 atom stereocenters. The average Bonchev–Trinajstić information content (AvgIpc) is 2.68. The Morgan fingerprint density at radius 3 is 2.47 bits per heavy atom. The number of aryl methyl sites for hydroxylation is 1. The van der Waals surface area contributed by atoms with Crippen molar-refractivity contribution in [2.24, 2.45) is 0 Å². The van der Waals surface area contributed by atoms with Crippen molar-refractivity contribution < 1.29 is 27.7 Å². The summed E-state index contributed by atoms with van der Waals surface area (Å²) in [6, 6.07) is 7.68. The Hall–Kier alpha value is -2.73. The Morgan fingerprint density at radius 2 is 1.83 bits per heavy atom. The monoisotopic (exact) mass is 475 g/mol. The first-order chi connectivity index (χ1) is 14.0. The van der Waals surface area contributed by atoms with E-state index in [1.165, 1.54) is 30.3 Å². The summed E-state index contributed by atoms with van der Waals surface area (Å²) in [6.45, 7) is 0.103. The highest BCUT2D eigenvalue weighted by Crippen LogP contribution is 2.24. The fraction of sp³-hybridized carbons (Fsp3) is 0.176. The summed E-state index contributed by atoms with van der Waals surface area (Å²) in [5.74, 6) is -1.77. The van der Waals surface area contributed by atoms with E-state index in [1.54, 1.807) is 6.92 Å². The Labute approximate surface area is 181 Å². The van der Waals surface area contributed by atoms with E-state index in [0.29, 0.717) is 5.56 Å². The number of rotatable bonds is 8. The molecule has 2 N–H and O–H groups in total. The molecule has 13 heteroatoms. The van der Waals surface area contributed by atoms with Crippen LogP contribution in [0.5, 0.6) is 0 Å². The Balaban J connectivity index is 1.87. The van der Waals surface area contributed by atoms with Crippen LogP contribution in [-0.2, 0) is 24.3 Å². The Morgan fingerprint density at radius 1 is 1.13 bits per heavy atom. The SMILES string of the molecule is Cc1ccc(NC(=O)COC(=O)CNS(=O)(=O)c2ccc(Cl)c(Cl)c2)cc1[N+](=O)[O-]. The number of esters is 1. The number of carbonyl (C=O) groups excluding carboxylic acids is 2. The number of benzene rings is 2. The molecule has 0 aliphatic rings. The third kappa shape index (κ3) is 6.39. The number of anilines is 1. The molecule has 1 amide bonds. The molecule has 0 aliphatic heterocycles. The zero-order valence-electron chi connectivity index (χ0n) is 15.3. The number of nitrogens with one attached hydrogen (secondary N) is 2. The first-order valence-electron chi connectivity index (χ1n) is 8.15. The maximum Gasteiger partial charge on any atom is 0.321 e. The fourth-order valence-electron chi connectivity index (χ4n) is 2.16. The second kappa shape index (κ2) is 9.85. The minimum atomic E-state index is -4.06. The summed E-state index contributed by atoms with van der Waals surface area (Å²) in [5, 5.41) is 13.5. The predicted octanol–water partition coefficient (Wildman–Crippen LogP) is 2.67. The molecule has 0 radical (unpaired) electrons. The molecule has 0 heterocycles. The quantitative estimate of drug-likeness (QED) is 0.339. The van der Waals surface area contributed by atoms with Crippen molar-refractivity contribution in [3.63, 3.8) is 0 Å². The van der Waals surface area contributed by atoms with Crippen LogP contribution in [0.1, 0.15) is 5.56 Å². The van der Waals surface area contributed by atoms with E-state index in [0.717, 1.165) is 6.07 Å². The number of hydrogen-bond donors (Lipinski definition) is 2. The summed E-state index contributed by atoms with van der Waals surface area (Å²) < 4.78 is 31.0. The average molecular weight is 476 g/mol. The van der Waals surface area contributed by atoms with Crippen LogP contribution in [0.15, 0.2) is 41.3 Å². The van der Waals surface area contributed by atoms with Crippen molar-refractivity contribution in [1.29, 1.82) is 0 Å². The molecule has 2 rings (SSSR count). The lowest BCUT2D eigenvalue weighted by Gasteiger charge is -2.09. The van der Waals surface area contributed by atoms with Crippen LogP contribution < -0.4 is 10.0 Å². The van der Waals surface area contributed by atoms with Crippen molar-refractivity contribution in [3.05, 3.63) is 62.1 Å². The smallest absolute Gasteiger partial charge is 0.321 e. The second-order valence-corrected chi connectivity index (χ2v) is 8.45. The zero-order chi connectivity index (χ0) is 22.5. The number of nitrogens with zero attached hydrogens (tertiary/aromatic N) is 1. The van der Waals surface area contributed by atoms with Gasteiger partial charge in [-0.25, -0.2) is 8.42 Å². The molecule has 0 saturated carbocycles. The Kier molecular flexibility index (Phi) is 7.73. The van der Waals surface area contributed by atoms with E-state index in [2.05, 4.69) is 5.32 Å². The number of sulfonamides is 1. The van der Waals surface area contributed by atoms with Crippen LogP contribution >= 0.6 is 23.2 Å². The second-order valence-electron chi connectivity index (χ2n) is 5.87. The number of carbonyl (C=O) groups is 2. The van der Waals surface area contributed by atoms with Gasteiger partial charge < -0.3 is 10.1 Å². The van der Waals surface area contributed by atoms with Gasteiger partial charge in [0, 0.05) is 17.3 Å². The minimum absolute atomic E-state index is 0.0233. The van der Waals surface area contributed by atoms with Crippen molar-refractivity contribution in [1.82, 2.24) is 4.72 Å². The van der Waals surface area contributed by atoms with Crippen LogP contribution in [0.25, 0.3) is 0 Å². The van der Waals surface area contributed by atoms with Crippen LogP contribution in [0, 0.1) is 17.0 Å². The first-order valence-corrected chi connectivity index (χ1v) is 10.4. The standard InChI is InChI=1S/C17H15Cl2N3O7S/c1-10-2-3-11(6-15(10)22(25)26)21-16(23)9-29-17(24)8-20-30(27,28)12-4-5-13(18)14(19)7-12/h2-7,20H,8-9H2,1H3,(H,21,23). The number of halogens is 2. The Bertz CT molecular complexity index is 1110. The normalized spacial score (nSPS) is 11.0. The van der Waals surface area contributed by atoms with Gasteiger partial charge in [0.15, 0.2) is 6.61 Å². The highest BCUT2D eigenvalue weighted by atomic mass is 35.5. The number of ether oxygens (including phenoxy) is 1. The zero-order valence-corrected chi connectivity index (χ0v) is 17.7. The molecule has 0 unspecified atom stereocenters. The van der Waals surface area contributed by atoms with Crippen LogP contribution in [0.2, 0.25) is 10.0 Å². The van der Waals surface area contributed by atoms with Crippen molar-refractivity contribution in [2.45, 2.75) is 11.8 Å². The van der Waals surface area contributed by atoms with Crippen LogP contribution in [0.4, 0.5) is 11.4 Å². The van der Waals surface area contributed by atoms with Gasteiger partial charge in [-0.15, -0.1) is 0 Å². The number of amides is 1. The van der Waals surface area contributed by atoms with Gasteiger partial charge in [0.25, 0.3) is 11.6 Å². The topological polar surface area (TPSA) is 145 Å². The molecule has 0 fully saturated rings. The largest absolute Gasteiger partial charge is 0.455 e. The van der Waals surface area contributed by atoms with Gasteiger partial charge in [0.05, 0.1) is 19.9 Å². The molecule has 10 nitrogen and oxygen atoms in total. The predicted molar refractivity (Wildman–Crippen MR) is 109 cm³/mol. The lowest BCUT2D eigenvalue weighted by atomic mass is 10.2. The van der Waals surface area contributed by atoms with Crippen molar-refractivity contribution >= 4 is 56.5 Å². The number of hydrogen-bond acceptors (Lipinski definition) is 7. The lowest BCUT2D eigenvalue weighted by Crippen LogP contribution is -2.32. The first kappa shape index (κ1) is 23.5. The van der Waals surface area contributed by atoms with E-state index in [1.807, 2.05) is 4.72 Å². The highest BCUT2D eigenvalue weighted by Gasteiger charge is 2.18. The van der Waals surface area contributed by atoms with Crippen LogP contribution in [0.3, 0.4) is 0 Å². The molecular formula is C17H15Cl2N3O7S. The summed E-state index contributed by atoms with van der Waals surface area (Å²) in [6.07, 6.45) is 0. The third-order valence-electron chi connectivity index (χ3n) is 3.66. The van der Waals surface area contributed by atoms with Gasteiger partial charge in [-0.1, -0.05) is 29.3 Å². The molecular weight excluding hydrogens is 461 g/mol. The van der Waals surface area contributed by atoms with E-state index >= 15 is 0 Å².